The lowest BCUT2D eigenvalue weighted by Gasteiger charge is -2.37. The zero-order valence-electron chi connectivity index (χ0n) is 35.4. The van der Waals surface area contributed by atoms with Crippen LogP contribution >= 0.6 is 23.4 Å². The number of sulfonamides is 1. The molecule has 6 aromatic rings. The van der Waals surface area contributed by atoms with E-state index >= 15 is 4.39 Å². The van der Waals surface area contributed by atoms with E-state index in [-0.39, 0.29) is 40.5 Å². The summed E-state index contributed by atoms with van der Waals surface area (Å²) in [6.45, 7) is 7.75. The Balaban J connectivity index is 1.04. The number of benzene rings is 5. The standard InChI is InChI=1S/C47H48ClFN6O7S2/c1-30(2)54-31(3)44(47(57)58)45(46(54)32-9-11-34(48)12-10-32)33-25-35(49)27-39(26-33)53-22-20-52(21-23-53)38-15-13-36(14-16-38)51-64(61,62)41-17-18-42(43(28-41)55(59)60)50-37(19-24-56)29-63-40-7-5-4-6-8-40/h4-18,25-28,30,37,50-51,56H,19-24,29H2,1-3H3,(H,57,58)/t37-/m1/s1. The van der Waals surface area contributed by atoms with Crippen molar-refractivity contribution in [2.45, 2.75) is 49.1 Å². The second-order valence-corrected chi connectivity index (χ2v) is 18.9. The number of hydrogen-bond donors (Lipinski definition) is 4. The lowest BCUT2D eigenvalue weighted by Crippen LogP contribution is -2.46. The van der Waals surface area contributed by atoms with Crippen LogP contribution in [0.15, 0.2) is 125 Å². The molecule has 13 nitrogen and oxygen atoms in total. The van der Waals surface area contributed by atoms with Gasteiger partial charge in [-0.3, -0.25) is 14.8 Å². The van der Waals surface area contributed by atoms with E-state index < -0.39 is 32.4 Å². The van der Waals surface area contributed by atoms with Gasteiger partial charge in [0.2, 0.25) is 0 Å². The van der Waals surface area contributed by atoms with E-state index in [1.807, 2.05) is 66.9 Å². The van der Waals surface area contributed by atoms with Gasteiger partial charge in [-0.25, -0.2) is 17.6 Å². The molecular formula is C47H48ClFN6O7S2. The molecule has 0 unspecified atom stereocenters. The highest BCUT2D eigenvalue weighted by molar-refractivity contribution is 7.99. The topological polar surface area (TPSA) is 170 Å². The minimum atomic E-state index is -4.22. The maximum absolute atomic E-state index is 15.6. The van der Waals surface area contributed by atoms with E-state index in [0.717, 1.165) is 22.2 Å². The number of nitrogens with zero attached hydrogens (tertiary/aromatic N) is 4. The molecule has 0 aliphatic carbocycles. The predicted octanol–water partition coefficient (Wildman–Crippen LogP) is 10.2. The molecule has 1 saturated heterocycles. The van der Waals surface area contributed by atoms with E-state index in [1.54, 1.807) is 43.3 Å². The molecule has 4 N–H and O–H groups in total. The van der Waals surface area contributed by atoms with Gasteiger partial charge in [0.05, 0.1) is 21.1 Å². The van der Waals surface area contributed by atoms with E-state index in [1.165, 1.54) is 36.0 Å². The van der Waals surface area contributed by atoms with Gasteiger partial charge in [-0.15, -0.1) is 11.8 Å². The van der Waals surface area contributed by atoms with Crippen LogP contribution in [0.1, 0.15) is 42.4 Å². The van der Waals surface area contributed by atoms with Crippen molar-refractivity contribution in [2.75, 3.05) is 58.4 Å². The first-order valence-corrected chi connectivity index (χ1v) is 23.5. The normalized spacial score (nSPS) is 13.5. The molecule has 0 amide bonds. The van der Waals surface area contributed by atoms with Crippen LogP contribution in [-0.4, -0.2) is 78.7 Å². The minimum Gasteiger partial charge on any atom is -0.478 e. The zero-order chi connectivity index (χ0) is 45.7. The van der Waals surface area contributed by atoms with Crippen molar-refractivity contribution in [1.29, 1.82) is 0 Å². The van der Waals surface area contributed by atoms with Crippen LogP contribution in [0.3, 0.4) is 0 Å². The summed E-state index contributed by atoms with van der Waals surface area (Å²) in [5, 5.41) is 35.9. The number of rotatable bonds is 17. The van der Waals surface area contributed by atoms with Crippen molar-refractivity contribution in [3.8, 4) is 22.4 Å². The van der Waals surface area contributed by atoms with Crippen LogP contribution in [0.4, 0.5) is 32.8 Å². The number of nitro benzene ring substituents is 1. The Kier molecular flexibility index (Phi) is 14.2. The number of thioether (sulfide) groups is 1. The van der Waals surface area contributed by atoms with Crippen molar-refractivity contribution in [3.05, 3.63) is 147 Å². The molecular weight excluding hydrogens is 879 g/mol. The molecule has 0 spiro atoms. The largest absolute Gasteiger partial charge is 0.478 e. The van der Waals surface area contributed by atoms with E-state index in [0.29, 0.717) is 71.6 Å². The third-order valence-corrected chi connectivity index (χ3v) is 13.9. The first-order chi connectivity index (χ1) is 30.6. The van der Waals surface area contributed by atoms with Gasteiger partial charge in [-0.2, -0.15) is 0 Å². The lowest BCUT2D eigenvalue weighted by molar-refractivity contribution is -0.384. The Labute approximate surface area is 380 Å². The molecule has 1 fully saturated rings. The van der Waals surface area contributed by atoms with Crippen LogP contribution in [0, 0.1) is 22.9 Å². The molecule has 2 heterocycles. The van der Waals surface area contributed by atoms with Gasteiger partial charge in [-0.1, -0.05) is 41.9 Å². The van der Waals surface area contributed by atoms with Crippen molar-refractivity contribution in [3.63, 3.8) is 0 Å². The van der Waals surface area contributed by atoms with E-state index in [4.69, 9.17) is 11.6 Å². The van der Waals surface area contributed by atoms with E-state index in [2.05, 4.69) is 19.8 Å². The average molecular weight is 928 g/mol. The smallest absolute Gasteiger partial charge is 0.338 e. The average Bonchev–Trinajstić information content (AvgIpc) is 3.59. The van der Waals surface area contributed by atoms with Crippen LogP contribution < -0.4 is 19.8 Å². The summed E-state index contributed by atoms with van der Waals surface area (Å²) in [5.74, 6) is -1.09. The maximum Gasteiger partial charge on any atom is 0.338 e. The fourth-order valence-corrected chi connectivity index (χ4v) is 10.3. The summed E-state index contributed by atoms with van der Waals surface area (Å²) < 4.78 is 47.1. The molecule has 17 heteroatoms. The quantitative estimate of drug-likeness (QED) is 0.0390. The number of aromatic nitrogens is 1. The second-order valence-electron chi connectivity index (χ2n) is 15.7. The Morgan fingerprint density at radius 1 is 0.891 bits per heavy atom. The first-order valence-electron chi connectivity index (χ1n) is 20.6. The van der Waals surface area contributed by atoms with Gasteiger partial charge in [-0.05, 0) is 117 Å². The Hall–Kier alpha value is -6.07. The minimum absolute atomic E-state index is 0.0931. The third-order valence-electron chi connectivity index (χ3n) is 11.1. The van der Waals surface area contributed by atoms with Gasteiger partial charge in [0.1, 0.15) is 11.5 Å². The first kappa shape index (κ1) is 45.9. The highest BCUT2D eigenvalue weighted by Gasteiger charge is 2.30. The van der Waals surface area contributed by atoms with E-state index in [9.17, 15) is 33.5 Å². The number of hydrogen-bond acceptors (Lipinski definition) is 10. The molecule has 5 aromatic carbocycles. The van der Waals surface area contributed by atoms with Gasteiger partial charge in [0, 0.05) is 94.9 Å². The fourth-order valence-electron chi connectivity index (χ4n) is 8.10. The third kappa shape index (κ3) is 10.3. The van der Waals surface area contributed by atoms with Crippen LogP contribution in [0.25, 0.3) is 22.4 Å². The number of nitro groups is 1. The summed E-state index contributed by atoms with van der Waals surface area (Å²) >= 11 is 7.75. The van der Waals surface area contributed by atoms with Crippen molar-refractivity contribution in [1.82, 2.24) is 4.57 Å². The Morgan fingerprint density at radius 3 is 2.16 bits per heavy atom. The zero-order valence-corrected chi connectivity index (χ0v) is 37.8. The van der Waals surface area contributed by atoms with Gasteiger partial charge >= 0.3 is 5.97 Å². The Morgan fingerprint density at radius 2 is 1.55 bits per heavy atom. The monoisotopic (exact) mass is 926 g/mol. The fraction of sp³-hybridized carbons (Fsp3) is 0.255. The summed E-state index contributed by atoms with van der Waals surface area (Å²) in [4.78, 5) is 29.2. The molecule has 0 bridgehead atoms. The molecule has 1 atom stereocenters. The number of anilines is 4. The van der Waals surface area contributed by atoms with Crippen LogP contribution in [-0.2, 0) is 10.0 Å². The van der Waals surface area contributed by atoms with Crippen LogP contribution in [0.2, 0.25) is 5.02 Å². The predicted molar refractivity (Wildman–Crippen MR) is 253 cm³/mol. The summed E-state index contributed by atoms with van der Waals surface area (Å²) in [6.07, 6.45) is 0.330. The van der Waals surface area contributed by atoms with Gasteiger partial charge in [0.25, 0.3) is 15.7 Å². The molecule has 0 radical (unpaired) electrons. The summed E-state index contributed by atoms with van der Waals surface area (Å²) in [7, 11) is -4.22. The molecule has 334 valence electrons. The number of carboxylic acid groups (broad SMARTS) is 1. The number of aromatic carboxylic acids is 1. The number of piperazine rings is 1. The number of aliphatic hydroxyl groups is 1. The highest BCUT2D eigenvalue weighted by atomic mass is 35.5. The molecule has 1 aromatic heterocycles. The maximum atomic E-state index is 15.6. The second kappa shape index (κ2) is 19.8. The molecule has 7 rings (SSSR count). The van der Waals surface area contributed by atoms with Gasteiger partial charge in [0.15, 0.2) is 0 Å². The highest BCUT2D eigenvalue weighted by Crippen LogP contribution is 2.43. The molecule has 1 aliphatic heterocycles. The number of aliphatic hydroxyl groups excluding tert-OH is 1. The van der Waals surface area contributed by atoms with Crippen molar-refractivity contribution in [2.24, 2.45) is 0 Å². The number of carbonyl (C=O) groups is 1. The molecule has 0 saturated carbocycles. The SMILES string of the molecule is Cc1c(C(=O)O)c(-c2cc(F)cc(N3CCN(c4ccc(NS(=O)(=O)c5ccc(N[C@H](CCO)CSc6ccccc6)c([N+](=O)[O-])c5)cc4)CC3)c2)c(-c2ccc(Cl)cc2)n1C(C)C. The number of nitrogens with one attached hydrogen (secondary N) is 2. The van der Waals surface area contributed by atoms with Crippen molar-refractivity contribution >= 4 is 67.8 Å². The molecule has 1 aliphatic rings. The van der Waals surface area contributed by atoms with Crippen LogP contribution in [0.5, 0.6) is 0 Å². The number of carboxylic acids is 1. The number of halogens is 2. The summed E-state index contributed by atoms with van der Waals surface area (Å²) in [6, 6.07) is 31.5. The Bertz CT molecular complexity index is 2750. The van der Waals surface area contributed by atoms with Crippen molar-refractivity contribution < 1.29 is 32.7 Å². The summed E-state index contributed by atoms with van der Waals surface area (Å²) in [5.41, 5.74) is 4.41. The lowest BCUT2D eigenvalue weighted by atomic mass is 9.96. The van der Waals surface area contributed by atoms with Gasteiger partial charge < -0.3 is 29.9 Å². The molecule has 64 heavy (non-hydrogen) atoms.